The topological polar surface area (TPSA) is 78.8 Å². The van der Waals surface area contributed by atoms with Crippen molar-refractivity contribution in [1.29, 1.82) is 0 Å². The van der Waals surface area contributed by atoms with Gasteiger partial charge in [0.1, 0.15) is 0 Å². The molecule has 0 aromatic carbocycles. The molecule has 0 atom stereocenters. The summed E-state index contributed by atoms with van der Waals surface area (Å²) in [6.45, 7) is 1.52. The number of carbonyl (C=O) groups is 1. The minimum absolute atomic E-state index is 0.124. The zero-order chi connectivity index (χ0) is 9.40. The summed E-state index contributed by atoms with van der Waals surface area (Å²) in [4.78, 5) is 15.3. The molecule has 12 heavy (non-hydrogen) atoms. The second-order valence-electron chi connectivity index (χ2n) is 2.42. The van der Waals surface area contributed by atoms with Crippen molar-refractivity contribution in [1.82, 2.24) is 5.48 Å². The molecule has 0 aliphatic rings. The molecule has 0 radical (unpaired) electrons. The average molecular weight is 177 g/mol. The smallest absolute Gasteiger partial charge is 0.243 e. The van der Waals surface area contributed by atoms with Crippen LogP contribution in [0.2, 0.25) is 0 Å². The molecule has 5 heteroatoms. The molecule has 0 bridgehead atoms. The highest BCUT2D eigenvalue weighted by Crippen LogP contribution is 1.92. The second-order valence-corrected chi connectivity index (χ2v) is 2.42. The van der Waals surface area contributed by atoms with Crippen LogP contribution >= 0.6 is 0 Å². The van der Waals surface area contributed by atoms with E-state index in [-0.39, 0.29) is 31.6 Å². The van der Waals surface area contributed by atoms with Crippen LogP contribution < -0.4 is 5.48 Å². The standard InChI is InChI=1S/C7H15NO4/c1-2-7(11)8-12-5-6(3-9)4-10/h6,9-10H,2-5H2,1H3,(H,8,11). The van der Waals surface area contributed by atoms with E-state index in [4.69, 9.17) is 15.1 Å². The summed E-state index contributed by atoms with van der Waals surface area (Å²) in [6.07, 6.45) is 0.350. The van der Waals surface area contributed by atoms with Gasteiger partial charge in [-0.15, -0.1) is 0 Å². The van der Waals surface area contributed by atoms with Gasteiger partial charge in [0.15, 0.2) is 0 Å². The third-order valence-electron chi connectivity index (χ3n) is 1.34. The van der Waals surface area contributed by atoms with Crippen LogP contribution in [0.15, 0.2) is 0 Å². The summed E-state index contributed by atoms with van der Waals surface area (Å²) in [5.74, 6) is -0.549. The Kier molecular flexibility index (Phi) is 6.64. The highest BCUT2D eigenvalue weighted by atomic mass is 16.7. The third kappa shape index (κ3) is 5.06. The number of carbonyl (C=O) groups excluding carboxylic acids is 1. The van der Waals surface area contributed by atoms with E-state index in [0.29, 0.717) is 6.42 Å². The van der Waals surface area contributed by atoms with Gasteiger partial charge in [0.2, 0.25) is 5.91 Å². The molecular formula is C7H15NO4. The number of aliphatic hydroxyl groups excluding tert-OH is 2. The molecule has 1 amide bonds. The fourth-order valence-corrected chi connectivity index (χ4v) is 0.475. The molecule has 0 spiro atoms. The van der Waals surface area contributed by atoms with Gasteiger partial charge >= 0.3 is 0 Å². The van der Waals surface area contributed by atoms with Crippen LogP contribution in [0.1, 0.15) is 13.3 Å². The first kappa shape index (κ1) is 11.4. The molecule has 72 valence electrons. The molecule has 0 aliphatic heterocycles. The van der Waals surface area contributed by atoms with Crippen molar-refractivity contribution in [3.8, 4) is 0 Å². The lowest BCUT2D eigenvalue weighted by Gasteiger charge is -2.10. The third-order valence-corrected chi connectivity index (χ3v) is 1.34. The van der Waals surface area contributed by atoms with Crippen molar-refractivity contribution in [2.24, 2.45) is 5.92 Å². The summed E-state index contributed by atoms with van der Waals surface area (Å²) >= 11 is 0. The first-order chi connectivity index (χ1) is 5.74. The molecular weight excluding hydrogens is 162 g/mol. The van der Waals surface area contributed by atoms with E-state index < -0.39 is 0 Å². The van der Waals surface area contributed by atoms with Crippen LogP contribution in [0, 0.1) is 5.92 Å². The highest BCUT2D eigenvalue weighted by Gasteiger charge is 2.06. The monoisotopic (exact) mass is 177 g/mol. The minimum Gasteiger partial charge on any atom is -0.396 e. The van der Waals surface area contributed by atoms with E-state index >= 15 is 0 Å². The molecule has 0 saturated heterocycles. The maximum Gasteiger partial charge on any atom is 0.243 e. The largest absolute Gasteiger partial charge is 0.396 e. The summed E-state index contributed by atoms with van der Waals surface area (Å²) in [6, 6.07) is 0. The number of hydroxylamine groups is 1. The molecule has 0 aromatic rings. The second kappa shape index (κ2) is 7.02. The zero-order valence-electron chi connectivity index (χ0n) is 7.12. The van der Waals surface area contributed by atoms with Crippen molar-refractivity contribution in [2.75, 3.05) is 19.8 Å². The van der Waals surface area contributed by atoms with E-state index in [1.54, 1.807) is 6.92 Å². The average Bonchev–Trinajstić information content (AvgIpc) is 2.12. The summed E-state index contributed by atoms with van der Waals surface area (Å²) in [5.41, 5.74) is 2.17. The quantitative estimate of drug-likeness (QED) is 0.457. The maximum absolute atomic E-state index is 10.6. The number of hydrogen-bond donors (Lipinski definition) is 3. The van der Waals surface area contributed by atoms with Gasteiger partial charge in [0, 0.05) is 12.3 Å². The number of nitrogens with one attached hydrogen (secondary N) is 1. The van der Waals surface area contributed by atoms with Crippen molar-refractivity contribution >= 4 is 5.91 Å². The lowest BCUT2D eigenvalue weighted by atomic mass is 10.2. The lowest BCUT2D eigenvalue weighted by Crippen LogP contribution is -2.28. The predicted molar refractivity (Wildman–Crippen MR) is 42.0 cm³/mol. The SMILES string of the molecule is CCC(=O)NOCC(CO)CO. The van der Waals surface area contributed by atoms with E-state index in [1.165, 1.54) is 0 Å². The van der Waals surface area contributed by atoms with Crippen molar-refractivity contribution in [3.63, 3.8) is 0 Å². The van der Waals surface area contributed by atoms with Crippen LogP contribution in [-0.2, 0) is 9.63 Å². The van der Waals surface area contributed by atoms with Crippen molar-refractivity contribution < 1.29 is 19.8 Å². The Balaban J connectivity index is 3.34. The van der Waals surface area contributed by atoms with Crippen LogP contribution in [0.3, 0.4) is 0 Å². The molecule has 0 aliphatic carbocycles. The van der Waals surface area contributed by atoms with E-state index in [9.17, 15) is 4.79 Å². The molecule has 0 heterocycles. The Labute approximate surface area is 71.3 Å². The van der Waals surface area contributed by atoms with E-state index in [2.05, 4.69) is 5.48 Å². The first-order valence-corrected chi connectivity index (χ1v) is 3.86. The van der Waals surface area contributed by atoms with Gasteiger partial charge in [-0.25, -0.2) is 5.48 Å². The molecule has 3 N–H and O–H groups in total. The molecule has 5 nitrogen and oxygen atoms in total. The zero-order valence-corrected chi connectivity index (χ0v) is 7.12. The Morgan fingerprint density at radius 2 is 2.08 bits per heavy atom. The van der Waals surface area contributed by atoms with Gasteiger partial charge in [-0.1, -0.05) is 6.92 Å². The Morgan fingerprint density at radius 3 is 2.50 bits per heavy atom. The Morgan fingerprint density at radius 1 is 1.50 bits per heavy atom. The van der Waals surface area contributed by atoms with E-state index in [1.807, 2.05) is 0 Å². The maximum atomic E-state index is 10.6. The Hall–Kier alpha value is -0.650. The van der Waals surface area contributed by atoms with Crippen molar-refractivity contribution in [2.45, 2.75) is 13.3 Å². The van der Waals surface area contributed by atoms with Crippen LogP contribution in [-0.4, -0.2) is 35.9 Å². The van der Waals surface area contributed by atoms with Crippen LogP contribution in [0.25, 0.3) is 0 Å². The number of rotatable bonds is 6. The molecule has 0 unspecified atom stereocenters. The van der Waals surface area contributed by atoms with Crippen molar-refractivity contribution in [3.05, 3.63) is 0 Å². The van der Waals surface area contributed by atoms with Gasteiger partial charge in [0.05, 0.1) is 19.8 Å². The van der Waals surface area contributed by atoms with Gasteiger partial charge in [-0.3, -0.25) is 9.63 Å². The summed E-state index contributed by atoms with van der Waals surface area (Å²) < 4.78 is 0. The van der Waals surface area contributed by atoms with Gasteiger partial charge in [-0.2, -0.15) is 0 Å². The first-order valence-electron chi connectivity index (χ1n) is 3.86. The fourth-order valence-electron chi connectivity index (χ4n) is 0.475. The van der Waals surface area contributed by atoms with Gasteiger partial charge in [-0.05, 0) is 0 Å². The van der Waals surface area contributed by atoms with Gasteiger partial charge < -0.3 is 10.2 Å². The Bertz CT molecular complexity index is 125. The van der Waals surface area contributed by atoms with E-state index in [0.717, 1.165) is 0 Å². The molecule has 0 saturated carbocycles. The summed E-state index contributed by atoms with van der Waals surface area (Å²) in [7, 11) is 0. The number of aliphatic hydroxyl groups is 2. The van der Waals surface area contributed by atoms with Crippen LogP contribution in [0.5, 0.6) is 0 Å². The highest BCUT2D eigenvalue weighted by molar-refractivity contribution is 5.74. The number of hydrogen-bond acceptors (Lipinski definition) is 4. The molecule has 0 aromatic heterocycles. The predicted octanol–water partition coefficient (Wildman–Crippen LogP) is -0.955. The van der Waals surface area contributed by atoms with Gasteiger partial charge in [0.25, 0.3) is 0 Å². The molecule has 0 rings (SSSR count). The number of amides is 1. The lowest BCUT2D eigenvalue weighted by molar-refractivity contribution is -0.135. The fraction of sp³-hybridized carbons (Fsp3) is 0.857. The normalized spacial score (nSPS) is 10.3. The summed E-state index contributed by atoms with van der Waals surface area (Å²) in [5, 5.41) is 17.2. The molecule has 0 fully saturated rings. The van der Waals surface area contributed by atoms with Crippen LogP contribution in [0.4, 0.5) is 0 Å². The minimum atomic E-state index is -0.331.